The molecule has 2 rings (SSSR count). The molecule has 0 aromatic heterocycles. The summed E-state index contributed by atoms with van der Waals surface area (Å²) in [5, 5.41) is 0. The SMILES string of the molecule is C.C.C.C.CC(=O)Oc1ccc(C)cc1.CCC(=O)OC.CCOC(C)=O.COC(=O)c1ccc(C)cc1. The van der Waals surface area contributed by atoms with Crippen molar-refractivity contribution in [1.82, 2.24) is 0 Å². The van der Waals surface area contributed by atoms with E-state index in [2.05, 4.69) is 14.2 Å². The van der Waals surface area contributed by atoms with Crippen LogP contribution in [0.25, 0.3) is 0 Å². The molecule has 0 saturated heterocycles. The third-order valence-electron chi connectivity index (χ3n) is 3.62. The highest BCUT2D eigenvalue weighted by Crippen LogP contribution is 2.11. The Labute approximate surface area is 231 Å². The second-order valence-electron chi connectivity index (χ2n) is 6.62. The Morgan fingerprint density at radius 1 is 0.658 bits per heavy atom. The molecule has 0 spiro atoms. The molecule has 0 unspecified atom stereocenters. The van der Waals surface area contributed by atoms with Gasteiger partial charge in [0.05, 0.1) is 26.4 Å². The fourth-order valence-electron chi connectivity index (χ4n) is 1.93. The van der Waals surface area contributed by atoms with Crippen LogP contribution in [0.5, 0.6) is 5.75 Å². The van der Waals surface area contributed by atoms with E-state index in [1.807, 2.05) is 38.1 Å². The van der Waals surface area contributed by atoms with Crippen molar-refractivity contribution in [2.24, 2.45) is 0 Å². The normalized spacial score (nSPS) is 7.79. The topological polar surface area (TPSA) is 105 Å². The summed E-state index contributed by atoms with van der Waals surface area (Å²) in [6.45, 7) is 10.8. The molecule has 2 aromatic rings. The van der Waals surface area contributed by atoms with Gasteiger partial charge in [0.1, 0.15) is 5.75 Å². The van der Waals surface area contributed by atoms with Gasteiger partial charge in [0.25, 0.3) is 0 Å². The first-order chi connectivity index (χ1) is 16.0. The van der Waals surface area contributed by atoms with Gasteiger partial charge in [-0.3, -0.25) is 14.4 Å². The number of carbonyl (C=O) groups is 4. The molecule has 2 aromatic carbocycles. The lowest BCUT2D eigenvalue weighted by Crippen LogP contribution is -2.00. The Kier molecular flexibility index (Phi) is 36.9. The van der Waals surface area contributed by atoms with Crippen LogP contribution in [0, 0.1) is 13.8 Å². The van der Waals surface area contributed by atoms with E-state index < -0.39 is 0 Å². The lowest BCUT2D eigenvalue weighted by Gasteiger charge is -1.99. The molecule has 0 atom stereocenters. The Hall–Kier alpha value is -3.68. The molecule has 8 heteroatoms. The van der Waals surface area contributed by atoms with E-state index in [1.54, 1.807) is 38.1 Å². The second kappa shape index (κ2) is 29.5. The molecular weight excluding hydrogens is 488 g/mol. The fourth-order valence-corrected chi connectivity index (χ4v) is 1.93. The standard InChI is InChI=1S/2C9H10O2.2C4H8O2.4CH4/c1-7-3-5-8(6-4-7)9(10)11-2;1-7-3-5-9(6-4-7)11-8(2)10;1-3-4(5)6-2;1-3-6-4(2)5;;;;/h2*3-6H,1-2H3;2*3H2,1-2H3;4*1H4. The van der Waals surface area contributed by atoms with Crippen molar-refractivity contribution in [1.29, 1.82) is 0 Å². The van der Waals surface area contributed by atoms with Crippen LogP contribution in [0.2, 0.25) is 0 Å². The molecule has 38 heavy (non-hydrogen) atoms. The molecular formula is C30H52O8. The van der Waals surface area contributed by atoms with E-state index in [0.717, 1.165) is 11.1 Å². The molecule has 0 heterocycles. The van der Waals surface area contributed by atoms with Crippen LogP contribution in [-0.2, 0) is 28.6 Å². The Balaban J connectivity index is -0.0000000902. The molecule has 0 bridgehead atoms. The third kappa shape index (κ3) is 28.6. The van der Waals surface area contributed by atoms with Crippen molar-refractivity contribution in [2.75, 3.05) is 20.8 Å². The van der Waals surface area contributed by atoms with Crippen LogP contribution in [0.3, 0.4) is 0 Å². The maximum atomic E-state index is 10.9. The minimum absolute atomic E-state index is 0. The minimum Gasteiger partial charge on any atom is -0.469 e. The lowest BCUT2D eigenvalue weighted by molar-refractivity contribution is -0.141. The van der Waals surface area contributed by atoms with Crippen LogP contribution in [0.4, 0.5) is 0 Å². The predicted molar refractivity (Wildman–Crippen MR) is 157 cm³/mol. The van der Waals surface area contributed by atoms with E-state index in [9.17, 15) is 19.2 Å². The number of methoxy groups -OCH3 is 2. The van der Waals surface area contributed by atoms with Crippen molar-refractivity contribution in [3.05, 3.63) is 65.2 Å². The summed E-state index contributed by atoms with van der Waals surface area (Å²) in [6.07, 6.45) is 0.469. The molecule has 0 aliphatic carbocycles. The molecule has 0 fully saturated rings. The van der Waals surface area contributed by atoms with Crippen molar-refractivity contribution in [2.45, 2.75) is 77.7 Å². The Bertz CT molecular complexity index is 851. The molecule has 0 aliphatic heterocycles. The number of hydrogen-bond acceptors (Lipinski definition) is 8. The Morgan fingerprint density at radius 3 is 1.32 bits per heavy atom. The highest BCUT2D eigenvalue weighted by molar-refractivity contribution is 5.89. The molecule has 0 radical (unpaired) electrons. The summed E-state index contributed by atoms with van der Waals surface area (Å²) in [5.41, 5.74) is 2.89. The first-order valence-corrected chi connectivity index (χ1v) is 10.6. The molecule has 0 N–H and O–H groups in total. The van der Waals surface area contributed by atoms with Crippen LogP contribution >= 0.6 is 0 Å². The number of aryl methyl sites for hydroxylation is 2. The van der Waals surface area contributed by atoms with Gasteiger partial charge >= 0.3 is 23.9 Å². The predicted octanol–water partition coefficient (Wildman–Crippen LogP) is 7.39. The average molecular weight is 541 g/mol. The summed E-state index contributed by atoms with van der Waals surface area (Å²) in [7, 11) is 2.76. The van der Waals surface area contributed by atoms with E-state index in [1.165, 1.54) is 28.1 Å². The maximum absolute atomic E-state index is 10.9. The van der Waals surface area contributed by atoms with Gasteiger partial charge in [0, 0.05) is 20.3 Å². The third-order valence-corrected chi connectivity index (χ3v) is 3.62. The van der Waals surface area contributed by atoms with Gasteiger partial charge in [-0.15, -0.1) is 0 Å². The van der Waals surface area contributed by atoms with Gasteiger partial charge in [0.15, 0.2) is 0 Å². The van der Waals surface area contributed by atoms with E-state index in [4.69, 9.17) is 4.74 Å². The highest BCUT2D eigenvalue weighted by Gasteiger charge is 2.02. The summed E-state index contributed by atoms with van der Waals surface area (Å²) >= 11 is 0. The van der Waals surface area contributed by atoms with Crippen LogP contribution in [0.15, 0.2) is 48.5 Å². The zero-order chi connectivity index (χ0) is 26.5. The zero-order valence-corrected chi connectivity index (χ0v) is 21.3. The van der Waals surface area contributed by atoms with E-state index in [0.29, 0.717) is 24.3 Å². The summed E-state index contributed by atoms with van der Waals surface area (Å²) in [5.74, 6) is -0.338. The van der Waals surface area contributed by atoms with Crippen LogP contribution < -0.4 is 4.74 Å². The molecule has 0 saturated carbocycles. The number of carbonyl (C=O) groups excluding carboxylic acids is 4. The molecule has 0 amide bonds. The molecule has 220 valence electrons. The zero-order valence-electron chi connectivity index (χ0n) is 21.3. The maximum Gasteiger partial charge on any atom is 0.337 e. The van der Waals surface area contributed by atoms with Gasteiger partial charge < -0.3 is 18.9 Å². The molecule has 0 aliphatic rings. The average Bonchev–Trinajstić information content (AvgIpc) is 2.81. The van der Waals surface area contributed by atoms with Crippen molar-refractivity contribution in [3.8, 4) is 5.75 Å². The van der Waals surface area contributed by atoms with E-state index in [-0.39, 0.29) is 53.6 Å². The van der Waals surface area contributed by atoms with Crippen molar-refractivity contribution in [3.63, 3.8) is 0 Å². The monoisotopic (exact) mass is 540 g/mol. The van der Waals surface area contributed by atoms with Gasteiger partial charge in [-0.05, 0) is 45.0 Å². The summed E-state index contributed by atoms with van der Waals surface area (Å²) in [4.78, 5) is 41.2. The first kappa shape index (κ1) is 47.5. The van der Waals surface area contributed by atoms with Gasteiger partial charge in [-0.2, -0.15) is 0 Å². The number of ether oxygens (including phenoxy) is 4. The van der Waals surface area contributed by atoms with Crippen LogP contribution in [-0.4, -0.2) is 44.7 Å². The fraction of sp³-hybridized carbons (Fsp3) is 0.467. The molecule has 8 nitrogen and oxygen atoms in total. The quantitative estimate of drug-likeness (QED) is 0.225. The second-order valence-corrected chi connectivity index (χ2v) is 6.62. The highest BCUT2D eigenvalue weighted by atomic mass is 16.5. The largest absolute Gasteiger partial charge is 0.469 e. The summed E-state index contributed by atoms with van der Waals surface area (Å²) < 4.78 is 18.0. The minimum atomic E-state index is -0.287. The number of esters is 4. The van der Waals surface area contributed by atoms with Crippen molar-refractivity contribution < 1.29 is 38.1 Å². The van der Waals surface area contributed by atoms with Gasteiger partial charge in [0.2, 0.25) is 0 Å². The number of rotatable bonds is 4. The lowest BCUT2D eigenvalue weighted by atomic mass is 10.2. The Morgan fingerprint density at radius 2 is 1.08 bits per heavy atom. The summed E-state index contributed by atoms with van der Waals surface area (Å²) in [6, 6.07) is 14.6. The van der Waals surface area contributed by atoms with Gasteiger partial charge in [-0.1, -0.05) is 72.0 Å². The van der Waals surface area contributed by atoms with E-state index >= 15 is 0 Å². The first-order valence-electron chi connectivity index (χ1n) is 10.6. The van der Waals surface area contributed by atoms with Crippen molar-refractivity contribution >= 4 is 23.9 Å². The smallest absolute Gasteiger partial charge is 0.337 e. The number of benzene rings is 2. The number of hydrogen-bond donors (Lipinski definition) is 0. The van der Waals surface area contributed by atoms with Gasteiger partial charge in [-0.25, -0.2) is 4.79 Å². The van der Waals surface area contributed by atoms with Crippen LogP contribution in [0.1, 0.15) is 85.3 Å².